The van der Waals surface area contributed by atoms with Crippen molar-refractivity contribution in [1.29, 1.82) is 0 Å². The Morgan fingerprint density at radius 1 is 1.43 bits per heavy atom. The van der Waals surface area contributed by atoms with Crippen LogP contribution >= 0.6 is 0 Å². The molecule has 112 valence electrons. The molecule has 0 radical (unpaired) electrons. The van der Waals surface area contributed by atoms with Gasteiger partial charge in [-0.1, -0.05) is 24.2 Å². The maximum absolute atomic E-state index is 11.0. The van der Waals surface area contributed by atoms with E-state index < -0.39 is 4.92 Å². The average Bonchev–Trinajstić information content (AvgIpc) is 2.94. The third kappa shape index (κ3) is 3.85. The number of hydrogen-bond acceptors (Lipinski definition) is 6. The largest absolute Gasteiger partial charge is 0.339 e. The summed E-state index contributed by atoms with van der Waals surface area (Å²) in [4.78, 5) is 14.8. The highest BCUT2D eigenvalue weighted by atomic mass is 16.6. The maximum Gasteiger partial charge on any atom is 0.280 e. The van der Waals surface area contributed by atoms with Crippen LogP contribution in [-0.2, 0) is 6.42 Å². The Morgan fingerprint density at radius 2 is 2.19 bits per heavy atom. The van der Waals surface area contributed by atoms with Gasteiger partial charge in [-0.3, -0.25) is 10.1 Å². The molecular weight excluding hydrogens is 272 g/mol. The van der Waals surface area contributed by atoms with E-state index >= 15 is 0 Å². The minimum absolute atomic E-state index is 0.0223. The molecule has 21 heavy (non-hydrogen) atoms. The number of nitrogens with one attached hydrogen (secondary N) is 1. The zero-order chi connectivity index (χ0) is 15.2. The number of rotatable bonds is 7. The van der Waals surface area contributed by atoms with Crippen molar-refractivity contribution >= 4 is 5.69 Å². The van der Waals surface area contributed by atoms with E-state index in [1.54, 1.807) is 18.2 Å². The van der Waals surface area contributed by atoms with Gasteiger partial charge in [-0.05, 0) is 26.0 Å². The number of nitro groups is 1. The van der Waals surface area contributed by atoms with E-state index in [4.69, 9.17) is 4.52 Å². The lowest BCUT2D eigenvalue weighted by Crippen LogP contribution is -2.25. The lowest BCUT2D eigenvalue weighted by Gasteiger charge is -2.09. The van der Waals surface area contributed by atoms with Crippen LogP contribution in [0, 0.1) is 10.1 Å². The van der Waals surface area contributed by atoms with Gasteiger partial charge in [0.15, 0.2) is 0 Å². The Labute approximate surface area is 122 Å². The fraction of sp³-hybridized carbons (Fsp3) is 0.429. The predicted molar refractivity (Wildman–Crippen MR) is 77.8 cm³/mol. The molecule has 1 heterocycles. The second-order valence-electron chi connectivity index (χ2n) is 4.78. The van der Waals surface area contributed by atoms with Crippen LogP contribution in [0.1, 0.15) is 26.2 Å². The molecule has 1 aromatic heterocycles. The molecule has 2 aromatic rings. The van der Waals surface area contributed by atoms with Crippen molar-refractivity contribution in [2.24, 2.45) is 0 Å². The lowest BCUT2D eigenvalue weighted by molar-refractivity contribution is -0.384. The monoisotopic (exact) mass is 290 g/mol. The van der Waals surface area contributed by atoms with Crippen LogP contribution in [0.25, 0.3) is 11.4 Å². The molecule has 0 bridgehead atoms. The number of nitrogens with zero attached hydrogens (tertiary/aromatic N) is 3. The van der Waals surface area contributed by atoms with Crippen molar-refractivity contribution in [3.8, 4) is 11.4 Å². The second-order valence-corrected chi connectivity index (χ2v) is 4.78. The van der Waals surface area contributed by atoms with E-state index in [-0.39, 0.29) is 11.5 Å². The smallest absolute Gasteiger partial charge is 0.280 e. The summed E-state index contributed by atoms with van der Waals surface area (Å²) in [5.74, 6) is 0.751. The maximum atomic E-state index is 11.0. The van der Waals surface area contributed by atoms with Crippen molar-refractivity contribution in [1.82, 2.24) is 15.5 Å². The fourth-order valence-corrected chi connectivity index (χ4v) is 2.08. The van der Waals surface area contributed by atoms with Crippen LogP contribution in [0.3, 0.4) is 0 Å². The standard InChI is InChI=1S/C14H18N4O3/c1-3-15-10(2)8-9-13-16-14(17-21-13)11-6-4-5-7-12(11)18(19)20/h4-7,10,15H,3,8-9H2,1-2H3. The van der Waals surface area contributed by atoms with Crippen LogP contribution in [0.15, 0.2) is 28.8 Å². The topological polar surface area (TPSA) is 94.1 Å². The molecule has 0 saturated carbocycles. The predicted octanol–water partition coefficient (Wildman–Crippen LogP) is 2.58. The van der Waals surface area contributed by atoms with Gasteiger partial charge >= 0.3 is 0 Å². The van der Waals surface area contributed by atoms with Gasteiger partial charge in [0, 0.05) is 18.5 Å². The van der Waals surface area contributed by atoms with Crippen molar-refractivity contribution in [2.75, 3.05) is 6.54 Å². The summed E-state index contributed by atoms with van der Waals surface area (Å²) in [6.45, 7) is 5.05. The molecule has 7 nitrogen and oxygen atoms in total. The van der Waals surface area contributed by atoms with Crippen LogP contribution < -0.4 is 5.32 Å². The summed E-state index contributed by atoms with van der Waals surface area (Å²) in [5, 5.41) is 18.1. The van der Waals surface area contributed by atoms with Gasteiger partial charge in [-0.25, -0.2) is 0 Å². The number of nitro benzene ring substituents is 1. The highest BCUT2D eigenvalue weighted by molar-refractivity contribution is 5.67. The molecule has 2 rings (SSSR count). The first-order chi connectivity index (χ1) is 10.1. The van der Waals surface area contributed by atoms with Crippen molar-refractivity contribution in [2.45, 2.75) is 32.7 Å². The van der Waals surface area contributed by atoms with Gasteiger partial charge in [0.1, 0.15) is 5.56 Å². The minimum atomic E-state index is -0.446. The van der Waals surface area contributed by atoms with Crippen LogP contribution in [0.5, 0.6) is 0 Å². The third-order valence-electron chi connectivity index (χ3n) is 3.15. The number of aryl methyl sites for hydroxylation is 1. The second kappa shape index (κ2) is 6.94. The molecule has 0 aliphatic heterocycles. The molecule has 0 aliphatic rings. The molecule has 0 amide bonds. The fourth-order valence-electron chi connectivity index (χ4n) is 2.08. The van der Waals surface area contributed by atoms with Gasteiger partial charge in [-0.2, -0.15) is 4.98 Å². The van der Waals surface area contributed by atoms with Gasteiger partial charge in [0.25, 0.3) is 5.69 Å². The van der Waals surface area contributed by atoms with E-state index in [0.29, 0.717) is 23.9 Å². The molecular formula is C14H18N4O3. The van der Waals surface area contributed by atoms with Crippen LogP contribution in [0.2, 0.25) is 0 Å². The van der Waals surface area contributed by atoms with Crippen LogP contribution in [-0.4, -0.2) is 27.7 Å². The molecule has 1 atom stereocenters. The SMILES string of the molecule is CCNC(C)CCc1nc(-c2ccccc2[N+](=O)[O-])no1. The highest BCUT2D eigenvalue weighted by Gasteiger charge is 2.19. The highest BCUT2D eigenvalue weighted by Crippen LogP contribution is 2.27. The van der Waals surface area contributed by atoms with Gasteiger partial charge in [0.05, 0.1) is 4.92 Å². The van der Waals surface area contributed by atoms with Crippen molar-refractivity contribution in [3.05, 3.63) is 40.3 Å². The average molecular weight is 290 g/mol. The number of hydrogen-bond donors (Lipinski definition) is 1. The van der Waals surface area contributed by atoms with E-state index in [9.17, 15) is 10.1 Å². The number of benzene rings is 1. The van der Waals surface area contributed by atoms with Crippen LogP contribution in [0.4, 0.5) is 5.69 Å². The first-order valence-corrected chi connectivity index (χ1v) is 6.91. The molecule has 0 saturated heterocycles. The Morgan fingerprint density at radius 3 is 2.90 bits per heavy atom. The molecule has 0 fully saturated rings. The zero-order valence-electron chi connectivity index (χ0n) is 12.1. The Bertz CT molecular complexity index is 612. The van der Waals surface area contributed by atoms with E-state index in [1.807, 2.05) is 0 Å². The number of para-hydroxylation sites is 1. The number of aromatic nitrogens is 2. The van der Waals surface area contributed by atoms with E-state index in [2.05, 4.69) is 29.3 Å². The minimum Gasteiger partial charge on any atom is -0.339 e. The summed E-state index contributed by atoms with van der Waals surface area (Å²) in [6, 6.07) is 6.73. The molecule has 0 spiro atoms. The molecule has 1 N–H and O–H groups in total. The molecule has 1 unspecified atom stereocenters. The summed E-state index contributed by atoms with van der Waals surface area (Å²) < 4.78 is 5.17. The Balaban J connectivity index is 2.11. The summed E-state index contributed by atoms with van der Waals surface area (Å²) in [5.41, 5.74) is 0.350. The molecule has 1 aromatic carbocycles. The summed E-state index contributed by atoms with van der Waals surface area (Å²) in [7, 11) is 0. The van der Waals surface area contributed by atoms with Gasteiger partial charge in [-0.15, -0.1) is 0 Å². The Kier molecular flexibility index (Phi) is 4.99. The first kappa shape index (κ1) is 15.1. The normalized spacial score (nSPS) is 12.3. The zero-order valence-corrected chi connectivity index (χ0v) is 12.1. The van der Waals surface area contributed by atoms with Crippen molar-refractivity contribution < 1.29 is 9.45 Å². The first-order valence-electron chi connectivity index (χ1n) is 6.91. The van der Waals surface area contributed by atoms with Gasteiger partial charge < -0.3 is 9.84 Å². The summed E-state index contributed by atoms with van der Waals surface area (Å²) >= 11 is 0. The van der Waals surface area contributed by atoms with E-state index in [1.165, 1.54) is 6.07 Å². The lowest BCUT2D eigenvalue weighted by atomic mass is 10.1. The molecule has 7 heteroatoms. The molecule has 0 aliphatic carbocycles. The quantitative estimate of drug-likeness (QED) is 0.622. The third-order valence-corrected chi connectivity index (χ3v) is 3.15. The Hall–Kier alpha value is -2.28. The van der Waals surface area contributed by atoms with E-state index in [0.717, 1.165) is 13.0 Å². The van der Waals surface area contributed by atoms with Gasteiger partial charge in [0.2, 0.25) is 11.7 Å². The summed E-state index contributed by atoms with van der Waals surface area (Å²) in [6.07, 6.45) is 1.51. The van der Waals surface area contributed by atoms with Crippen molar-refractivity contribution in [3.63, 3.8) is 0 Å².